The molecule has 1 unspecified atom stereocenters. The van der Waals surface area contributed by atoms with Gasteiger partial charge in [0.25, 0.3) is 0 Å². The highest BCUT2D eigenvalue weighted by molar-refractivity contribution is 7.89. The van der Waals surface area contributed by atoms with Crippen LogP contribution in [0.25, 0.3) is 0 Å². The second-order valence-corrected chi connectivity index (χ2v) is 7.13. The molecule has 0 aromatic heterocycles. The highest BCUT2D eigenvalue weighted by Gasteiger charge is 2.25. The second-order valence-electron chi connectivity index (χ2n) is 5.42. The van der Waals surface area contributed by atoms with Gasteiger partial charge in [0.05, 0.1) is 11.1 Å². The molecule has 0 aliphatic heterocycles. The lowest BCUT2D eigenvalue weighted by Crippen LogP contribution is -2.53. The average Bonchev–Trinajstić information content (AvgIpc) is 2.53. The Morgan fingerprint density at radius 1 is 1.09 bits per heavy atom. The maximum atomic E-state index is 12.7. The highest BCUT2D eigenvalue weighted by atomic mass is 32.2. The van der Waals surface area contributed by atoms with Crippen molar-refractivity contribution in [3.63, 3.8) is 0 Å². The van der Waals surface area contributed by atoms with Gasteiger partial charge in [0.2, 0.25) is 10.0 Å². The maximum absolute atomic E-state index is 12.7. The molecule has 0 aliphatic carbocycles. The van der Waals surface area contributed by atoms with Crippen LogP contribution in [0.3, 0.4) is 0 Å². The van der Waals surface area contributed by atoms with Gasteiger partial charge in [-0.15, -0.1) is 0 Å². The normalized spacial score (nSPS) is 13.7. The minimum absolute atomic E-state index is 0.203. The van der Waals surface area contributed by atoms with Crippen molar-refractivity contribution in [2.45, 2.75) is 38.8 Å². The molecule has 0 bridgehead atoms. The fourth-order valence-electron chi connectivity index (χ4n) is 2.55. The van der Waals surface area contributed by atoms with Crippen LogP contribution in [0.2, 0.25) is 0 Å². The third-order valence-electron chi connectivity index (χ3n) is 4.04. The number of nitrogens with zero attached hydrogens (tertiary/aromatic N) is 2. The molecular weight excluding hydrogens is 312 g/mol. The summed E-state index contributed by atoms with van der Waals surface area (Å²) in [5, 5.41) is 0. The predicted octanol–water partition coefficient (Wildman–Crippen LogP) is 1.56. The largest absolute Gasteiger partial charge is 0.399 e. The lowest BCUT2D eigenvalue weighted by atomic mass is 10.3. The first-order valence-corrected chi connectivity index (χ1v) is 9.70. The maximum Gasteiger partial charge on any atom is 0.242 e. The molecular formula is C16H30N4O2S. The molecule has 0 heterocycles. The number of nitrogens with two attached hydrogens (primary N) is 1. The van der Waals surface area contributed by atoms with E-state index in [1.165, 1.54) is 6.07 Å². The van der Waals surface area contributed by atoms with E-state index in [0.29, 0.717) is 12.2 Å². The first-order chi connectivity index (χ1) is 10.9. The van der Waals surface area contributed by atoms with Crippen molar-refractivity contribution < 1.29 is 8.42 Å². The van der Waals surface area contributed by atoms with Crippen LogP contribution in [0.4, 0.5) is 5.69 Å². The number of hydrogen-bond acceptors (Lipinski definition) is 5. The Morgan fingerprint density at radius 2 is 1.70 bits per heavy atom. The first kappa shape index (κ1) is 19.9. The summed E-state index contributed by atoms with van der Waals surface area (Å²) < 4.78 is 28.2. The SMILES string of the molecule is CCN(CC)CC(NS(=O)(=O)c1cccc(N)c1)N(CC)CC. The quantitative estimate of drug-likeness (QED) is 0.498. The van der Waals surface area contributed by atoms with E-state index in [2.05, 4.69) is 28.4 Å². The Bertz CT molecular complexity index is 569. The fraction of sp³-hybridized carbons (Fsp3) is 0.625. The number of sulfonamides is 1. The molecule has 7 heteroatoms. The number of nitrogens with one attached hydrogen (secondary N) is 1. The van der Waals surface area contributed by atoms with Crippen molar-refractivity contribution in [1.29, 1.82) is 0 Å². The van der Waals surface area contributed by atoms with Crippen molar-refractivity contribution in [2.24, 2.45) is 0 Å². The first-order valence-electron chi connectivity index (χ1n) is 8.22. The number of benzene rings is 1. The molecule has 0 saturated heterocycles. The van der Waals surface area contributed by atoms with Crippen LogP contribution >= 0.6 is 0 Å². The summed E-state index contributed by atoms with van der Waals surface area (Å²) in [5.74, 6) is 0. The lowest BCUT2D eigenvalue weighted by molar-refractivity contribution is 0.146. The van der Waals surface area contributed by atoms with Crippen molar-refractivity contribution in [2.75, 3.05) is 38.5 Å². The van der Waals surface area contributed by atoms with Gasteiger partial charge in [-0.05, 0) is 44.4 Å². The van der Waals surface area contributed by atoms with Gasteiger partial charge in [-0.2, -0.15) is 4.72 Å². The van der Waals surface area contributed by atoms with Gasteiger partial charge >= 0.3 is 0 Å². The molecule has 132 valence electrons. The molecule has 0 radical (unpaired) electrons. The zero-order valence-electron chi connectivity index (χ0n) is 14.6. The number of rotatable bonds is 10. The molecule has 1 aromatic carbocycles. The third kappa shape index (κ3) is 5.76. The van der Waals surface area contributed by atoms with Crippen LogP contribution in [-0.2, 0) is 10.0 Å². The fourth-order valence-corrected chi connectivity index (χ4v) is 3.81. The molecule has 6 nitrogen and oxygen atoms in total. The van der Waals surface area contributed by atoms with E-state index in [1.54, 1.807) is 18.2 Å². The smallest absolute Gasteiger partial charge is 0.242 e. The topological polar surface area (TPSA) is 78.7 Å². The lowest BCUT2D eigenvalue weighted by Gasteiger charge is -2.34. The van der Waals surface area contributed by atoms with Crippen LogP contribution in [0.15, 0.2) is 29.2 Å². The molecule has 0 amide bonds. The second kappa shape index (κ2) is 9.22. The molecule has 1 aromatic rings. The van der Waals surface area contributed by atoms with E-state index in [1.807, 2.05) is 13.8 Å². The molecule has 0 saturated carbocycles. The van der Waals surface area contributed by atoms with Gasteiger partial charge in [-0.3, -0.25) is 4.90 Å². The Balaban J connectivity index is 3.03. The van der Waals surface area contributed by atoms with E-state index in [-0.39, 0.29) is 11.1 Å². The summed E-state index contributed by atoms with van der Waals surface area (Å²) in [5.41, 5.74) is 6.15. The molecule has 3 N–H and O–H groups in total. The summed E-state index contributed by atoms with van der Waals surface area (Å²) in [6.45, 7) is 12.2. The Hall–Kier alpha value is -1.15. The summed E-state index contributed by atoms with van der Waals surface area (Å²) >= 11 is 0. The highest BCUT2D eigenvalue weighted by Crippen LogP contribution is 2.14. The van der Waals surface area contributed by atoms with Gasteiger partial charge in [-0.1, -0.05) is 33.8 Å². The Labute approximate surface area is 140 Å². The van der Waals surface area contributed by atoms with Gasteiger partial charge in [-0.25, -0.2) is 8.42 Å². The molecule has 1 atom stereocenters. The summed E-state index contributed by atoms with van der Waals surface area (Å²) in [6, 6.07) is 6.38. The minimum Gasteiger partial charge on any atom is -0.399 e. The summed E-state index contributed by atoms with van der Waals surface area (Å²) in [4.78, 5) is 4.53. The standard InChI is InChI=1S/C16H30N4O2S/c1-5-19(6-2)13-16(20(7-3)8-4)18-23(21,22)15-11-9-10-14(17)12-15/h9-12,16,18H,5-8,13,17H2,1-4H3. The molecule has 0 aliphatic rings. The predicted molar refractivity (Wildman–Crippen MR) is 95.7 cm³/mol. The molecule has 1 rings (SSSR count). The van der Waals surface area contributed by atoms with Crippen molar-refractivity contribution in [3.05, 3.63) is 24.3 Å². The van der Waals surface area contributed by atoms with E-state index in [0.717, 1.165) is 26.2 Å². The number of likely N-dealkylation sites (N-methyl/N-ethyl adjacent to an activating group) is 2. The van der Waals surface area contributed by atoms with Crippen LogP contribution in [0.1, 0.15) is 27.7 Å². The minimum atomic E-state index is -3.61. The zero-order chi connectivity index (χ0) is 17.5. The number of nitrogen functional groups attached to an aromatic ring is 1. The summed E-state index contributed by atoms with van der Waals surface area (Å²) in [7, 11) is -3.61. The van der Waals surface area contributed by atoms with Gasteiger partial charge in [0.1, 0.15) is 0 Å². The van der Waals surface area contributed by atoms with Gasteiger partial charge < -0.3 is 10.6 Å². The average molecular weight is 343 g/mol. The number of hydrogen-bond donors (Lipinski definition) is 2. The number of anilines is 1. The Kier molecular flexibility index (Phi) is 7.98. The van der Waals surface area contributed by atoms with Crippen molar-refractivity contribution in [1.82, 2.24) is 14.5 Å². The van der Waals surface area contributed by atoms with E-state index < -0.39 is 10.0 Å². The van der Waals surface area contributed by atoms with Crippen molar-refractivity contribution >= 4 is 15.7 Å². The van der Waals surface area contributed by atoms with Crippen LogP contribution < -0.4 is 10.5 Å². The van der Waals surface area contributed by atoms with Crippen molar-refractivity contribution in [3.8, 4) is 0 Å². The monoisotopic (exact) mass is 342 g/mol. The Morgan fingerprint density at radius 3 is 2.17 bits per heavy atom. The van der Waals surface area contributed by atoms with Crippen LogP contribution in [0.5, 0.6) is 0 Å². The van der Waals surface area contributed by atoms with E-state index in [9.17, 15) is 8.42 Å². The van der Waals surface area contributed by atoms with Gasteiger partial charge in [0, 0.05) is 12.2 Å². The van der Waals surface area contributed by atoms with Crippen LogP contribution in [-0.4, -0.2) is 57.1 Å². The zero-order valence-corrected chi connectivity index (χ0v) is 15.4. The summed E-state index contributed by atoms with van der Waals surface area (Å²) in [6.07, 6.45) is -0.267. The van der Waals surface area contributed by atoms with Crippen LogP contribution in [0, 0.1) is 0 Å². The molecule has 0 fully saturated rings. The van der Waals surface area contributed by atoms with Gasteiger partial charge in [0.15, 0.2) is 0 Å². The third-order valence-corrected chi connectivity index (χ3v) is 5.50. The van der Waals surface area contributed by atoms with E-state index >= 15 is 0 Å². The molecule has 0 spiro atoms. The van der Waals surface area contributed by atoms with E-state index in [4.69, 9.17) is 5.73 Å². The molecule has 23 heavy (non-hydrogen) atoms.